The largest absolute Gasteiger partial charge is 0.502 e. The van der Waals surface area contributed by atoms with Crippen LogP contribution in [0.15, 0.2) is 36.4 Å². The fraction of sp³-hybridized carbons (Fsp3) is 0.0714. The molecule has 2 aromatic rings. The van der Waals surface area contributed by atoms with Crippen LogP contribution in [0.25, 0.3) is 0 Å². The number of anilines is 2. The Balaban J connectivity index is 2.09. The Morgan fingerprint density at radius 1 is 1.10 bits per heavy atom. The number of hydrogen-bond donors (Lipinski definition) is 3. The van der Waals surface area contributed by atoms with Crippen molar-refractivity contribution in [2.45, 2.75) is 0 Å². The van der Waals surface area contributed by atoms with Gasteiger partial charge in [-0.1, -0.05) is 0 Å². The number of ether oxygens (including phenoxy) is 1. The molecule has 0 aliphatic carbocycles. The molecule has 0 aliphatic rings. The normalized spacial score (nSPS) is 10.0. The lowest BCUT2D eigenvalue weighted by Crippen LogP contribution is -2.19. The molecule has 0 spiro atoms. The third-order valence-electron chi connectivity index (χ3n) is 2.61. The number of phenolic OH excluding ortho intramolecular Hbond substituents is 1. The summed E-state index contributed by atoms with van der Waals surface area (Å²) in [5.74, 6) is -2.09. The van der Waals surface area contributed by atoms with Gasteiger partial charge in [0.25, 0.3) is 0 Å². The maximum atomic E-state index is 13.4. The third-order valence-corrected chi connectivity index (χ3v) is 2.61. The van der Waals surface area contributed by atoms with Crippen LogP contribution in [-0.4, -0.2) is 18.2 Å². The summed E-state index contributed by atoms with van der Waals surface area (Å²) in [5.41, 5.74) is 0.474. The van der Waals surface area contributed by atoms with E-state index in [2.05, 4.69) is 10.6 Å². The van der Waals surface area contributed by atoms with Gasteiger partial charge < -0.3 is 20.5 Å². The average Bonchev–Trinajstić information content (AvgIpc) is 2.45. The number of carbonyl (C=O) groups is 1. The molecule has 0 heterocycles. The molecular formula is C14H12F2N2O3. The van der Waals surface area contributed by atoms with Crippen LogP contribution in [0.5, 0.6) is 11.5 Å². The number of hydrogen-bond acceptors (Lipinski definition) is 3. The summed E-state index contributed by atoms with van der Waals surface area (Å²) < 4.78 is 30.9. The van der Waals surface area contributed by atoms with Crippen LogP contribution in [0, 0.1) is 11.6 Å². The Kier molecular flexibility index (Phi) is 4.22. The Labute approximate surface area is 119 Å². The van der Waals surface area contributed by atoms with E-state index in [4.69, 9.17) is 4.74 Å². The molecule has 5 nitrogen and oxygen atoms in total. The van der Waals surface area contributed by atoms with E-state index >= 15 is 0 Å². The standard InChI is InChI=1S/C14H12F2N2O3/c1-21-12-7-10(6-11(16)13(12)19)18-14(20)17-9-4-2-8(15)3-5-9/h2-7,19H,1H3,(H2,17,18,20). The van der Waals surface area contributed by atoms with Crippen molar-refractivity contribution in [3.8, 4) is 11.5 Å². The highest BCUT2D eigenvalue weighted by Gasteiger charge is 2.12. The van der Waals surface area contributed by atoms with Crippen LogP contribution < -0.4 is 15.4 Å². The van der Waals surface area contributed by atoms with Gasteiger partial charge in [0.15, 0.2) is 17.3 Å². The van der Waals surface area contributed by atoms with Crippen molar-refractivity contribution in [1.82, 2.24) is 0 Å². The minimum Gasteiger partial charge on any atom is -0.502 e. The van der Waals surface area contributed by atoms with Gasteiger partial charge >= 0.3 is 6.03 Å². The van der Waals surface area contributed by atoms with Crippen molar-refractivity contribution < 1.29 is 23.4 Å². The van der Waals surface area contributed by atoms with Gasteiger partial charge in [-0.05, 0) is 24.3 Å². The zero-order chi connectivity index (χ0) is 15.4. The van der Waals surface area contributed by atoms with Crippen molar-refractivity contribution in [1.29, 1.82) is 0 Å². The number of carbonyl (C=O) groups excluding carboxylic acids is 1. The lowest BCUT2D eigenvalue weighted by atomic mass is 10.2. The second-order valence-electron chi connectivity index (χ2n) is 4.09. The number of urea groups is 1. The summed E-state index contributed by atoms with van der Waals surface area (Å²) >= 11 is 0. The van der Waals surface area contributed by atoms with Gasteiger partial charge in [0, 0.05) is 23.5 Å². The first kappa shape index (κ1) is 14.6. The van der Waals surface area contributed by atoms with E-state index in [9.17, 15) is 18.7 Å². The van der Waals surface area contributed by atoms with E-state index in [1.807, 2.05) is 0 Å². The van der Waals surface area contributed by atoms with Crippen LogP contribution in [0.1, 0.15) is 0 Å². The van der Waals surface area contributed by atoms with Gasteiger partial charge in [0.05, 0.1) is 7.11 Å². The number of halogens is 2. The molecule has 0 aromatic heterocycles. The highest BCUT2D eigenvalue weighted by atomic mass is 19.1. The van der Waals surface area contributed by atoms with E-state index in [0.29, 0.717) is 5.69 Å². The van der Waals surface area contributed by atoms with Crippen molar-refractivity contribution >= 4 is 17.4 Å². The molecule has 0 aliphatic heterocycles. The molecule has 2 amide bonds. The first-order valence-corrected chi connectivity index (χ1v) is 5.89. The fourth-order valence-corrected chi connectivity index (χ4v) is 1.63. The second-order valence-corrected chi connectivity index (χ2v) is 4.09. The lowest BCUT2D eigenvalue weighted by Gasteiger charge is -2.10. The predicted molar refractivity (Wildman–Crippen MR) is 73.7 cm³/mol. The molecule has 2 rings (SSSR count). The Morgan fingerprint density at radius 2 is 1.71 bits per heavy atom. The number of methoxy groups -OCH3 is 1. The average molecular weight is 294 g/mol. The number of rotatable bonds is 3. The summed E-state index contributed by atoms with van der Waals surface area (Å²) in [6.07, 6.45) is 0. The minimum atomic E-state index is -0.925. The Hall–Kier alpha value is -2.83. The summed E-state index contributed by atoms with van der Waals surface area (Å²) in [4.78, 5) is 11.7. The topological polar surface area (TPSA) is 70.6 Å². The number of nitrogens with one attached hydrogen (secondary N) is 2. The van der Waals surface area contributed by atoms with Gasteiger partial charge in [-0.2, -0.15) is 0 Å². The van der Waals surface area contributed by atoms with Crippen LogP contribution in [0.4, 0.5) is 25.0 Å². The Bertz CT molecular complexity index is 660. The van der Waals surface area contributed by atoms with Crippen molar-refractivity contribution in [3.63, 3.8) is 0 Å². The van der Waals surface area contributed by atoms with E-state index in [1.165, 1.54) is 37.4 Å². The highest BCUT2D eigenvalue weighted by molar-refractivity contribution is 5.99. The maximum absolute atomic E-state index is 13.4. The van der Waals surface area contributed by atoms with Crippen LogP contribution in [-0.2, 0) is 0 Å². The van der Waals surface area contributed by atoms with E-state index in [1.54, 1.807) is 0 Å². The lowest BCUT2D eigenvalue weighted by molar-refractivity contribution is 0.262. The number of amides is 2. The van der Waals surface area contributed by atoms with Gasteiger partial charge in [-0.3, -0.25) is 0 Å². The molecule has 3 N–H and O–H groups in total. The first-order chi connectivity index (χ1) is 9.99. The molecule has 2 aromatic carbocycles. The zero-order valence-corrected chi connectivity index (χ0v) is 11.0. The highest BCUT2D eigenvalue weighted by Crippen LogP contribution is 2.32. The SMILES string of the molecule is COc1cc(NC(=O)Nc2ccc(F)cc2)cc(F)c1O. The van der Waals surface area contributed by atoms with E-state index in [-0.39, 0.29) is 11.4 Å². The quantitative estimate of drug-likeness (QED) is 0.760. The number of phenols is 1. The summed E-state index contributed by atoms with van der Waals surface area (Å²) in [7, 11) is 1.26. The minimum absolute atomic E-state index is 0.0989. The van der Waals surface area contributed by atoms with Crippen LogP contribution in [0.2, 0.25) is 0 Å². The predicted octanol–water partition coefficient (Wildman–Crippen LogP) is 3.32. The van der Waals surface area contributed by atoms with Crippen LogP contribution in [0.3, 0.4) is 0 Å². The van der Waals surface area contributed by atoms with Gasteiger partial charge in [0.2, 0.25) is 0 Å². The van der Waals surface area contributed by atoms with Gasteiger partial charge in [-0.25, -0.2) is 13.6 Å². The van der Waals surface area contributed by atoms with Crippen molar-refractivity contribution in [3.05, 3.63) is 48.0 Å². The molecule has 0 bridgehead atoms. The molecule has 0 atom stereocenters. The molecule has 0 unspecified atom stereocenters. The van der Waals surface area contributed by atoms with Crippen molar-refractivity contribution in [2.75, 3.05) is 17.7 Å². The molecule has 0 radical (unpaired) electrons. The third kappa shape index (κ3) is 3.59. The van der Waals surface area contributed by atoms with Crippen molar-refractivity contribution in [2.24, 2.45) is 0 Å². The Morgan fingerprint density at radius 3 is 2.33 bits per heavy atom. The van der Waals surface area contributed by atoms with Crippen LogP contribution >= 0.6 is 0 Å². The zero-order valence-electron chi connectivity index (χ0n) is 11.0. The van der Waals surface area contributed by atoms with Gasteiger partial charge in [-0.15, -0.1) is 0 Å². The molecule has 110 valence electrons. The fourth-order valence-electron chi connectivity index (χ4n) is 1.63. The second kappa shape index (κ2) is 6.08. The summed E-state index contributed by atoms with van der Waals surface area (Å²) in [6, 6.07) is 6.72. The van der Waals surface area contributed by atoms with E-state index < -0.39 is 23.4 Å². The molecule has 7 heteroatoms. The summed E-state index contributed by atoms with van der Waals surface area (Å²) in [6.45, 7) is 0. The molecule has 0 saturated heterocycles. The monoisotopic (exact) mass is 294 g/mol. The molecule has 21 heavy (non-hydrogen) atoms. The first-order valence-electron chi connectivity index (χ1n) is 5.89. The number of benzene rings is 2. The smallest absolute Gasteiger partial charge is 0.323 e. The van der Waals surface area contributed by atoms with Gasteiger partial charge in [0.1, 0.15) is 5.82 Å². The molecular weight excluding hydrogens is 282 g/mol. The summed E-state index contributed by atoms with van der Waals surface area (Å²) in [5, 5.41) is 14.2. The maximum Gasteiger partial charge on any atom is 0.323 e. The molecule has 0 saturated carbocycles. The van der Waals surface area contributed by atoms with E-state index in [0.717, 1.165) is 6.07 Å². The number of aromatic hydroxyl groups is 1. The molecule has 0 fully saturated rings.